The van der Waals surface area contributed by atoms with Crippen molar-refractivity contribution in [3.05, 3.63) is 0 Å². The molecule has 0 aromatic heterocycles. The van der Waals surface area contributed by atoms with Gasteiger partial charge in [0.05, 0.1) is 19.3 Å². The van der Waals surface area contributed by atoms with E-state index in [0.717, 1.165) is 25.2 Å². The quantitative estimate of drug-likeness (QED) is 0.366. The minimum absolute atomic E-state index is 0.0786. The fourth-order valence-electron chi connectivity index (χ4n) is 2.12. The first-order valence-electron chi connectivity index (χ1n) is 8.42. The van der Waals surface area contributed by atoms with Crippen LogP contribution in [0.15, 0.2) is 0 Å². The van der Waals surface area contributed by atoms with E-state index in [1.807, 2.05) is 37.4 Å². The van der Waals surface area contributed by atoms with Crippen LogP contribution in [-0.4, -0.2) is 54.6 Å². The minimum atomic E-state index is -0.910. The van der Waals surface area contributed by atoms with Gasteiger partial charge in [0.1, 0.15) is 0 Å². The molecule has 0 aromatic rings. The fraction of sp³-hybridized carbons (Fsp3) is 1.00. The normalized spacial score (nSPS) is 26.5. The van der Waals surface area contributed by atoms with Crippen molar-refractivity contribution >= 4 is 23.5 Å². The predicted octanol–water partition coefficient (Wildman–Crippen LogP) is 4.13. The first-order valence-corrected chi connectivity index (χ1v) is 10.7. The van der Waals surface area contributed by atoms with Gasteiger partial charge in [-0.3, -0.25) is 4.74 Å². The summed E-state index contributed by atoms with van der Waals surface area (Å²) < 4.78 is 23.3. The Hall–Kier alpha value is 0.540. The Morgan fingerprint density at radius 2 is 1.95 bits per heavy atom. The van der Waals surface area contributed by atoms with Crippen LogP contribution in [0, 0.1) is 0 Å². The van der Waals surface area contributed by atoms with Gasteiger partial charge in [0.2, 0.25) is 0 Å². The molecule has 3 unspecified atom stereocenters. The highest BCUT2D eigenvalue weighted by atomic mass is 32.2. The lowest BCUT2D eigenvalue weighted by atomic mass is 10.4. The maximum absolute atomic E-state index is 5.95. The summed E-state index contributed by atoms with van der Waals surface area (Å²) in [6.45, 7) is 9.57. The zero-order valence-electron chi connectivity index (χ0n) is 14.5. The first kappa shape index (κ1) is 20.6. The maximum atomic E-state index is 5.95. The predicted molar refractivity (Wildman–Crippen MR) is 95.6 cm³/mol. The van der Waals surface area contributed by atoms with E-state index in [-0.39, 0.29) is 12.4 Å². The van der Waals surface area contributed by atoms with Gasteiger partial charge in [-0.05, 0) is 31.3 Å². The van der Waals surface area contributed by atoms with Crippen molar-refractivity contribution in [1.29, 1.82) is 0 Å². The fourth-order valence-corrected chi connectivity index (χ4v) is 3.88. The summed E-state index contributed by atoms with van der Waals surface area (Å²) in [5, 5.41) is 0. The van der Waals surface area contributed by atoms with E-state index in [2.05, 4.69) is 13.8 Å². The van der Waals surface area contributed by atoms with Gasteiger partial charge in [-0.15, -0.1) is 0 Å². The van der Waals surface area contributed by atoms with Crippen molar-refractivity contribution in [2.75, 3.05) is 36.2 Å². The molecule has 1 saturated heterocycles. The summed E-state index contributed by atoms with van der Waals surface area (Å²) in [5.41, 5.74) is 0. The molecule has 1 heterocycles. The molecule has 1 aliphatic rings. The molecule has 0 aromatic carbocycles. The van der Waals surface area contributed by atoms with Crippen LogP contribution in [-0.2, 0) is 18.9 Å². The molecule has 0 saturated carbocycles. The van der Waals surface area contributed by atoms with Gasteiger partial charge in [-0.2, -0.15) is 23.5 Å². The SMILES string of the molecule is CCSCCSCCCOC(CC)OC1(CC)OCC(C)O1. The highest BCUT2D eigenvalue weighted by Gasteiger charge is 2.41. The van der Waals surface area contributed by atoms with Crippen LogP contribution >= 0.6 is 23.5 Å². The van der Waals surface area contributed by atoms with Gasteiger partial charge in [0.15, 0.2) is 6.29 Å². The van der Waals surface area contributed by atoms with Crippen LogP contribution in [0.3, 0.4) is 0 Å². The summed E-state index contributed by atoms with van der Waals surface area (Å²) in [5.74, 6) is 3.91. The lowest BCUT2D eigenvalue weighted by Gasteiger charge is -2.30. The van der Waals surface area contributed by atoms with Crippen LogP contribution in [0.4, 0.5) is 0 Å². The van der Waals surface area contributed by atoms with Gasteiger partial charge < -0.3 is 14.2 Å². The molecule has 3 atom stereocenters. The van der Waals surface area contributed by atoms with E-state index in [1.165, 1.54) is 17.3 Å². The summed E-state index contributed by atoms with van der Waals surface area (Å²) >= 11 is 4.00. The topological polar surface area (TPSA) is 36.9 Å². The number of hydrogen-bond donors (Lipinski definition) is 0. The second kappa shape index (κ2) is 12.0. The average Bonchev–Trinajstić information content (AvgIpc) is 2.90. The highest BCUT2D eigenvalue weighted by Crippen LogP contribution is 2.30. The van der Waals surface area contributed by atoms with E-state index in [0.29, 0.717) is 13.0 Å². The van der Waals surface area contributed by atoms with Gasteiger partial charge in [0, 0.05) is 17.9 Å². The molecule has 1 aliphatic heterocycles. The number of hydrogen-bond acceptors (Lipinski definition) is 6. The Bertz CT molecular complexity index is 281. The van der Waals surface area contributed by atoms with Crippen LogP contribution in [0.2, 0.25) is 0 Å². The third-order valence-corrected chi connectivity index (χ3v) is 5.54. The average molecular weight is 353 g/mol. The molecule has 0 bridgehead atoms. The van der Waals surface area contributed by atoms with Crippen LogP contribution in [0.1, 0.15) is 47.0 Å². The highest BCUT2D eigenvalue weighted by molar-refractivity contribution is 8.02. The van der Waals surface area contributed by atoms with E-state index in [1.54, 1.807) is 0 Å². The Kier molecular flexibility index (Phi) is 11.2. The van der Waals surface area contributed by atoms with Gasteiger partial charge in [0.25, 0.3) is 5.97 Å². The molecule has 6 heteroatoms. The van der Waals surface area contributed by atoms with Crippen molar-refractivity contribution in [1.82, 2.24) is 0 Å². The van der Waals surface area contributed by atoms with Crippen LogP contribution in [0.5, 0.6) is 0 Å². The molecule has 0 N–H and O–H groups in total. The standard InChI is InChI=1S/C16H32O4S2/c1-5-15(17-9-8-10-22-12-11-21-7-3)20-16(6-2)18-13-14(4)19-16/h14-15H,5-13H2,1-4H3. The van der Waals surface area contributed by atoms with Crippen molar-refractivity contribution in [3.8, 4) is 0 Å². The molecular formula is C16H32O4S2. The van der Waals surface area contributed by atoms with Gasteiger partial charge >= 0.3 is 0 Å². The second-order valence-electron chi connectivity index (χ2n) is 5.27. The zero-order chi connectivity index (χ0) is 16.3. The van der Waals surface area contributed by atoms with Crippen molar-refractivity contribution in [2.45, 2.75) is 65.3 Å². The molecule has 0 aliphatic carbocycles. The molecule has 1 fully saturated rings. The minimum Gasteiger partial charge on any atom is -0.352 e. The van der Waals surface area contributed by atoms with Gasteiger partial charge in [-0.1, -0.05) is 20.8 Å². The second-order valence-corrected chi connectivity index (χ2v) is 7.88. The lowest BCUT2D eigenvalue weighted by molar-refractivity contribution is -0.386. The van der Waals surface area contributed by atoms with E-state index in [9.17, 15) is 0 Å². The zero-order valence-corrected chi connectivity index (χ0v) is 16.1. The molecule has 0 amide bonds. The number of ether oxygens (including phenoxy) is 4. The molecule has 132 valence electrons. The smallest absolute Gasteiger partial charge is 0.285 e. The summed E-state index contributed by atoms with van der Waals surface area (Å²) in [6.07, 6.45) is 2.34. The molecule has 22 heavy (non-hydrogen) atoms. The largest absolute Gasteiger partial charge is 0.352 e. The summed E-state index contributed by atoms with van der Waals surface area (Å²) in [4.78, 5) is 0. The molecule has 4 nitrogen and oxygen atoms in total. The van der Waals surface area contributed by atoms with Gasteiger partial charge in [-0.25, -0.2) is 0 Å². The number of thioether (sulfide) groups is 2. The Morgan fingerprint density at radius 3 is 2.55 bits per heavy atom. The molecule has 1 rings (SSSR count). The monoisotopic (exact) mass is 352 g/mol. The van der Waals surface area contributed by atoms with Crippen molar-refractivity contribution in [2.24, 2.45) is 0 Å². The summed E-state index contributed by atoms with van der Waals surface area (Å²) in [6, 6.07) is 0. The third-order valence-electron chi connectivity index (χ3n) is 3.31. The first-order chi connectivity index (χ1) is 10.7. The Balaban J connectivity index is 2.14. The lowest BCUT2D eigenvalue weighted by Crippen LogP contribution is -2.38. The third kappa shape index (κ3) is 7.88. The molecular weight excluding hydrogens is 320 g/mol. The van der Waals surface area contributed by atoms with E-state index >= 15 is 0 Å². The van der Waals surface area contributed by atoms with Crippen molar-refractivity contribution < 1.29 is 18.9 Å². The Labute approximate surface area is 144 Å². The van der Waals surface area contributed by atoms with E-state index in [4.69, 9.17) is 18.9 Å². The van der Waals surface area contributed by atoms with Crippen molar-refractivity contribution in [3.63, 3.8) is 0 Å². The maximum Gasteiger partial charge on any atom is 0.285 e. The van der Waals surface area contributed by atoms with E-state index < -0.39 is 5.97 Å². The summed E-state index contributed by atoms with van der Waals surface area (Å²) in [7, 11) is 0. The Morgan fingerprint density at radius 1 is 1.18 bits per heavy atom. The molecule has 0 spiro atoms. The number of rotatable bonds is 13. The van der Waals surface area contributed by atoms with Crippen LogP contribution in [0.25, 0.3) is 0 Å². The molecule has 0 radical (unpaired) electrons. The van der Waals surface area contributed by atoms with Crippen LogP contribution < -0.4 is 0 Å².